The molecule has 0 amide bonds. The van der Waals surface area contributed by atoms with Crippen LogP contribution in [-0.2, 0) is 0 Å². The minimum absolute atomic E-state index is 0.600. The second kappa shape index (κ2) is 5.13. The summed E-state index contributed by atoms with van der Waals surface area (Å²) in [6.45, 7) is 8.80. The van der Waals surface area contributed by atoms with Crippen molar-refractivity contribution in [1.29, 1.82) is 0 Å². The van der Waals surface area contributed by atoms with Crippen LogP contribution in [0.25, 0.3) is 0 Å². The standard InChI is InChI=1S/C16H30N2/c1-16(2)8-7-15(10-16)18(14-5-6-14)12-13-4-3-9-17-11-13/h13-15,17H,3-12H2,1-2H3. The van der Waals surface area contributed by atoms with Crippen LogP contribution in [0, 0.1) is 11.3 Å². The molecule has 0 aromatic heterocycles. The number of hydrogen-bond acceptors (Lipinski definition) is 2. The third-order valence-corrected chi connectivity index (χ3v) is 5.30. The van der Waals surface area contributed by atoms with Crippen LogP contribution >= 0.6 is 0 Å². The fourth-order valence-corrected chi connectivity index (χ4v) is 4.06. The molecule has 2 atom stereocenters. The summed E-state index contributed by atoms with van der Waals surface area (Å²) >= 11 is 0. The fraction of sp³-hybridized carbons (Fsp3) is 1.00. The molecule has 3 fully saturated rings. The lowest BCUT2D eigenvalue weighted by Gasteiger charge is -2.35. The van der Waals surface area contributed by atoms with Gasteiger partial charge in [0.1, 0.15) is 0 Å². The maximum absolute atomic E-state index is 3.58. The van der Waals surface area contributed by atoms with Crippen molar-refractivity contribution < 1.29 is 0 Å². The second-order valence-electron chi connectivity index (χ2n) is 7.70. The summed E-state index contributed by atoms with van der Waals surface area (Å²) in [6, 6.07) is 1.85. The number of rotatable bonds is 4. The second-order valence-corrected chi connectivity index (χ2v) is 7.70. The van der Waals surface area contributed by atoms with Gasteiger partial charge in [-0.1, -0.05) is 13.8 Å². The molecule has 18 heavy (non-hydrogen) atoms. The van der Waals surface area contributed by atoms with E-state index in [1.54, 1.807) is 0 Å². The molecule has 2 aliphatic carbocycles. The highest BCUT2D eigenvalue weighted by molar-refractivity contribution is 4.95. The smallest absolute Gasteiger partial charge is 0.0104 e. The van der Waals surface area contributed by atoms with Crippen LogP contribution in [0.4, 0.5) is 0 Å². The molecule has 2 nitrogen and oxygen atoms in total. The Morgan fingerprint density at radius 1 is 1.11 bits per heavy atom. The van der Waals surface area contributed by atoms with Gasteiger partial charge in [-0.15, -0.1) is 0 Å². The van der Waals surface area contributed by atoms with E-state index in [0.29, 0.717) is 5.41 Å². The lowest BCUT2D eigenvalue weighted by Crippen LogP contribution is -2.43. The lowest BCUT2D eigenvalue weighted by atomic mass is 9.91. The van der Waals surface area contributed by atoms with Crippen LogP contribution in [0.2, 0.25) is 0 Å². The maximum atomic E-state index is 3.58. The Labute approximate surface area is 113 Å². The van der Waals surface area contributed by atoms with Gasteiger partial charge < -0.3 is 5.32 Å². The largest absolute Gasteiger partial charge is 0.316 e. The summed E-state index contributed by atoms with van der Waals surface area (Å²) < 4.78 is 0. The topological polar surface area (TPSA) is 15.3 Å². The highest BCUT2D eigenvalue weighted by atomic mass is 15.2. The Kier molecular flexibility index (Phi) is 3.68. The van der Waals surface area contributed by atoms with E-state index in [2.05, 4.69) is 24.1 Å². The molecule has 1 N–H and O–H groups in total. The minimum atomic E-state index is 0.600. The molecule has 0 bridgehead atoms. The number of nitrogens with one attached hydrogen (secondary N) is 1. The minimum Gasteiger partial charge on any atom is -0.316 e. The molecule has 2 saturated carbocycles. The van der Waals surface area contributed by atoms with Crippen molar-refractivity contribution in [3.63, 3.8) is 0 Å². The predicted octanol–water partition coefficient (Wildman–Crippen LogP) is 3.03. The van der Waals surface area contributed by atoms with Gasteiger partial charge in [0.2, 0.25) is 0 Å². The SMILES string of the molecule is CC1(C)CCC(N(CC2CCCNC2)C2CC2)C1. The highest BCUT2D eigenvalue weighted by Crippen LogP contribution is 2.43. The number of nitrogens with zero attached hydrogens (tertiary/aromatic N) is 1. The monoisotopic (exact) mass is 250 g/mol. The molecule has 2 unspecified atom stereocenters. The fourth-order valence-electron chi connectivity index (χ4n) is 4.06. The Morgan fingerprint density at radius 2 is 1.94 bits per heavy atom. The normalized spacial score (nSPS) is 36.2. The van der Waals surface area contributed by atoms with E-state index in [-0.39, 0.29) is 0 Å². The summed E-state index contributed by atoms with van der Waals surface area (Å²) in [7, 11) is 0. The molecule has 2 heteroatoms. The molecular formula is C16H30N2. The molecule has 0 aromatic rings. The van der Waals surface area contributed by atoms with Gasteiger partial charge in [-0.2, -0.15) is 0 Å². The highest BCUT2D eigenvalue weighted by Gasteiger charge is 2.40. The van der Waals surface area contributed by atoms with Gasteiger partial charge in [-0.3, -0.25) is 4.90 Å². The van der Waals surface area contributed by atoms with Crippen LogP contribution in [-0.4, -0.2) is 36.6 Å². The number of hydrogen-bond donors (Lipinski definition) is 1. The Balaban J connectivity index is 1.58. The first-order chi connectivity index (χ1) is 8.64. The zero-order valence-corrected chi connectivity index (χ0v) is 12.3. The van der Waals surface area contributed by atoms with Crippen molar-refractivity contribution in [3.8, 4) is 0 Å². The van der Waals surface area contributed by atoms with Crippen molar-refractivity contribution in [1.82, 2.24) is 10.2 Å². The molecule has 1 saturated heterocycles. The zero-order valence-electron chi connectivity index (χ0n) is 12.3. The van der Waals surface area contributed by atoms with E-state index in [1.165, 1.54) is 64.6 Å². The Hall–Kier alpha value is -0.0800. The average Bonchev–Trinajstić information content (AvgIpc) is 3.12. The van der Waals surface area contributed by atoms with Gasteiger partial charge in [-0.05, 0) is 69.4 Å². The first-order valence-corrected chi connectivity index (χ1v) is 8.10. The van der Waals surface area contributed by atoms with E-state index in [0.717, 1.165) is 18.0 Å². The molecule has 0 spiro atoms. The van der Waals surface area contributed by atoms with E-state index in [9.17, 15) is 0 Å². The van der Waals surface area contributed by atoms with Crippen LogP contribution in [0.1, 0.15) is 58.8 Å². The van der Waals surface area contributed by atoms with Gasteiger partial charge in [0.25, 0.3) is 0 Å². The summed E-state index contributed by atoms with van der Waals surface area (Å²) in [5, 5.41) is 3.58. The summed E-state index contributed by atoms with van der Waals surface area (Å²) in [6.07, 6.45) is 10.1. The summed E-state index contributed by atoms with van der Waals surface area (Å²) in [4.78, 5) is 2.91. The molecule has 1 heterocycles. The third kappa shape index (κ3) is 3.08. The molecule has 1 aliphatic heterocycles. The lowest BCUT2D eigenvalue weighted by molar-refractivity contribution is 0.138. The molecule has 3 rings (SSSR count). The molecule has 0 aromatic carbocycles. The predicted molar refractivity (Wildman–Crippen MR) is 76.7 cm³/mol. The van der Waals surface area contributed by atoms with Crippen molar-refractivity contribution in [2.75, 3.05) is 19.6 Å². The molecule has 3 aliphatic rings. The zero-order chi connectivity index (χ0) is 12.6. The van der Waals surface area contributed by atoms with E-state index < -0.39 is 0 Å². The van der Waals surface area contributed by atoms with Crippen molar-refractivity contribution in [2.45, 2.75) is 70.9 Å². The Morgan fingerprint density at radius 3 is 2.50 bits per heavy atom. The van der Waals surface area contributed by atoms with Gasteiger partial charge in [0.15, 0.2) is 0 Å². The molecule has 0 radical (unpaired) electrons. The quantitative estimate of drug-likeness (QED) is 0.825. The van der Waals surface area contributed by atoms with Gasteiger partial charge in [0, 0.05) is 18.6 Å². The maximum Gasteiger partial charge on any atom is 0.0104 e. The summed E-state index contributed by atoms with van der Waals surface area (Å²) in [5.74, 6) is 0.920. The first kappa shape index (κ1) is 12.9. The first-order valence-electron chi connectivity index (χ1n) is 8.10. The van der Waals surface area contributed by atoms with Gasteiger partial charge >= 0.3 is 0 Å². The average molecular weight is 250 g/mol. The van der Waals surface area contributed by atoms with Gasteiger partial charge in [0.05, 0.1) is 0 Å². The van der Waals surface area contributed by atoms with Crippen LogP contribution < -0.4 is 5.32 Å². The van der Waals surface area contributed by atoms with E-state index in [1.807, 2.05) is 0 Å². The summed E-state index contributed by atoms with van der Waals surface area (Å²) in [5.41, 5.74) is 0.600. The van der Waals surface area contributed by atoms with Gasteiger partial charge in [-0.25, -0.2) is 0 Å². The molecular weight excluding hydrogens is 220 g/mol. The Bertz CT molecular complexity index is 277. The van der Waals surface area contributed by atoms with Crippen LogP contribution in [0.15, 0.2) is 0 Å². The van der Waals surface area contributed by atoms with Crippen LogP contribution in [0.5, 0.6) is 0 Å². The third-order valence-electron chi connectivity index (χ3n) is 5.30. The molecule has 104 valence electrons. The van der Waals surface area contributed by atoms with Crippen molar-refractivity contribution in [2.24, 2.45) is 11.3 Å². The number of piperidine rings is 1. The van der Waals surface area contributed by atoms with Crippen LogP contribution in [0.3, 0.4) is 0 Å². The van der Waals surface area contributed by atoms with Crippen molar-refractivity contribution >= 4 is 0 Å². The van der Waals surface area contributed by atoms with E-state index >= 15 is 0 Å². The van der Waals surface area contributed by atoms with E-state index in [4.69, 9.17) is 0 Å². The van der Waals surface area contributed by atoms with Crippen molar-refractivity contribution in [3.05, 3.63) is 0 Å².